The molecule has 0 saturated carbocycles. The second-order valence-corrected chi connectivity index (χ2v) is 7.69. The van der Waals surface area contributed by atoms with E-state index in [0.717, 1.165) is 27.9 Å². The van der Waals surface area contributed by atoms with E-state index in [2.05, 4.69) is 10.6 Å². The third kappa shape index (κ3) is 5.72. The zero-order valence-corrected chi connectivity index (χ0v) is 18.4. The molecule has 0 aromatic heterocycles. The van der Waals surface area contributed by atoms with Gasteiger partial charge in [-0.15, -0.1) is 0 Å². The van der Waals surface area contributed by atoms with Gasteiger partial charge in [0.05, 0.1) is 5.56 Å². The molecule has 0 saturated heterocycles. The average molecular weight is 417 g/mol. The van der Waals surface area contributed by atoms with Gasteiger partial charge >= 0.3 is 0 Å². The number of carbonyl (C=O) groups is 2. The van der Waals surface area contributed by atoms with Crippen molar-refractivity contribution in [1.29, 1.82) is 0 Å². The van der Waals surface area contributed by atoms with Gasteiger partial charge in [0.15, 0.2) is 6.10 Å². The summed E-state index contributed by atoms with van der Waals surface area (Å²) in [6.45, 7) is 8.04. The first-order valence-corrected chi connectivity index (χ1v) is 10.3. The summed E-state index contributed by atoms with van der Waals surface area (Å²) in [4.78, 5) is 25.5. The molecule has 2 amide bonds. The number of benzene rings is 3. The van der Waals surface area contributed by atoms with Crippen molar-refractivity contribution in [3.8, 4) is 5.75 Å². The van der Waals surface area contributed by atoms with Crippen LogP contribution in [0.2, 0.25) is 0 Å². The van der Waals surface area contributed by atoms with Crippen molar-refractivity contribution in [1.82, 2.24) is 5.32 Å². The third-order valence-electron chi connectivity index (χ3n) is 5.03. The van der Waals surface area contributed by atoms with E-state index in [1.807, 2.05) is 63.2 Å². The Kier molecular flexibility index (Phi) is 7.08. The fourth-order valence-corrected chi connectivity index (χ4v) is 3.48. The van der Waals surface area contributed by atoms with Crippen molar-refractivity contribution in [2.45, 2.75) is 40.3 Å². The van der Waals surface area contributed by atoms with Gasteiger partial charge in [-0.2, -0.15) is 0 Å². The Balaban J connectivity index is 1.68. The minimum Gasteiger partial charge on any atom is -0.480 e. The topological polar surface area (TPSA) is 67.4 Å². The second kappa shape index (κ2) is 9.94. The Morgan fingerprint density at radius 3 is 2.19 bits per heavy atom. The van der Waals surface area contributed by atoms with E-state index >= 15 is 0 Å². The van der Waals surface area contributed by atoms with Gasteiger partial charge in [-0.1, -0.05) is 60.2 Å². The Morgan fingerprint density at radius 1 is 0.903 bits per heavy atom. The van der Waals surface area contributed by atoms with E-state index in [-0.39, 0.29) is 11.8 Å². The molecular formula is C26H28N2O3. The van der Waals surface area contributed by atoms with Crippen molar-refractivity contribution in [2.75, 3.05) is 5.32 Å². The normalized spacial score (nSPS) is 11.5. The number of amides is 2. The van der Waals surface area contributed by atoms with Crippen molar-refractivity contribution in [2.24, 2.45) is 0 Å². The Labute approximate surface area is 183 Å². The lowest BCUT2D eigenvalue weighted by Crippen LogP contribution is -2.32. The molecule has 0 fully saturated rings. The zero-order valence-electron chi connectivity index (χ0n) is 18.4. The molecule has 5 nitrogen and oxygen atoms in total. The quantitative estimate of drug-likeness (QED) is 0.573. The zero-order chi connectivity index (χ0) is 22.4. The summed E-state index contributed by atoms with van der Waals surface area (Å²) in [5, 5.41) is 5.86. The molecule has 0 aliphatic carbocycles. The van der Waals surface area contributed by atoms with Crippen LogP contribution in [0.1, 0.15) is 39.5 Å². The highest BCUT2D eigenvalue weighted by molar-refractivity contribution is 5.98. The number of ether oxygens (including phenoxy) is 1. The number of hydrogen-bond acceptors (Lipinski definition) is 3. The minimum absolute atomic E-state index is 0.253. The van der Waals surface area contributed by atoms with Gasteiger partial charge in [-0.05, 0) is 56.5 Å². The van der Waals surface area contributed by atoms with Crippen molar-refractivity contribution < 1.29 is 14.3 Å². The average Bonchev–Trinajstić information content (AvgIpc) is 2.75. The van der Waals surface area contributed by atoms with Crippen LogP contribution in [0.4, 0.5) is 5.69 Å². The highest BCUT2D eigenvalue weighted by atomic mass is 16.5. The second-order valence-electron chi connectivity index (χ2n) is 7.69. The van der Waals surface area contributed by atoms with Crippen LogP contribution in [0.25, 0.3) is 0 Å². The van der Waals surface area contributed by atoms with Crippen LogP contribution in [0, 0.1) is 20.8 Å². The first-order valence-electron chi connectivity index (χ1n) is 10.3. The summed E-state index contributed by atoms with van der Waals surface area (Å²) in [5.74, 6) is -0.153. The molecule has 0 unspecified atom stereocenters. The molecule has 0 aliphatic heterocycles. The lowest BCUT2D eigenvalue weighted by atomic mass is 10.0. The lowest BCUT2D eigenvalue weighted by molar-refractivity contribution is -0.122. The van der Waals surface area contributed by atoms with Crippen LogP contribution in [-0.2, 0) is 11.3 Å². The fraction of sp³-hybridized carbons (Fsp3) is 0.231. The van der Waals surface area contributed by atoms with E-state index in [0.29, 0.717) is 17.9 Å². The molecule has 0 bridgehead atoms. The van der Waals surface area contributed by atoms with Crippen molar-refractivity contribution >= 4 is 17.5 Å². The molecule has 3 aromatic carbocycles. The molecule has 3 aromatic rings. The maximum Gasteiger partial charge on any atom is 0.265 e. The van der Waals surface area contributed by atoms with Gasteiger partial charge in [0.1, 0.15) is 5.75 Å². The summed E-state index contributed by atoms with van der Waals surface area (Å²) in [5.41, 5.74) is 5.33. The predicted octanol–water partition coefficient (Wildman–Crippen LogP) is 4.95. The summed E-state index contributed by atoms with van der Waals surface area (Å²) < 4.78 is 5.88. The van der Waals surface area contributed by atoms with Crippen LogP contribution in [0.3, 0.4) is 0 Å². The molecule has 160 valence electrons. The summed E-state index contributed by atoms with van der Waals surface area (Å²) in [6, 6.07) is 20.7. The highest BCUT2D eigenvalue weighted by Gasteiger charge is 2.20. The van der Waals surface area contributed by atoms with Gasteiger partial charge in [0.2, 0.25) is 0 Å². The standard InChI is InChI=1S/C26H28N2O3/c1-17-14-18(2)24(19(3)15-17)28-25(29)20(4)31-23-13-9-8-12-22(23)26(30)27-16-21-10-6-5-7-11-21/h5-15,20H,16H2,1-4H3,(H,27,30)(H,28,29)/t20-/m1/s1. The SMILES string of the molecule is Cc1cc(C)c(NC(=O)[C@@H](C)Oc2ccccc2C(=O)NCc2ccccc2)c(C)c1. The maximum atomic E-state index is 12.8. The van der Waals surface area contributed by atoms with Crippen LogP contribution >= 0.6 is 0 Å². The molecule has 3 rings (SSSR count). The predicted molar refractivity (Wildman–Crippen MR) is 123 cm³/mol. The molecular weight excluding hydrogens is 388 g/mol. The Bertz CT molecular complexity index is 1050. The first kappa shape index (κ1) is 22.1. The van der Waals surface area contributed by atoms with E-state index in [4.69, 9.17) is 4.74 Å². The first-order chi connectivity index (χ1) is 14.8. The van der Waals surface area contributed by atoms with Crippen LogP contribution in [0.5, 0.6) is 5.75 Å². The number of rotatable bonds is 7. The lowest BCUT2D eigenvalue weighted by Gasteiger charge is -2.19. The fourth-order valence-electron chi connectivity index (χ4n) is 3.48. The summed E-state index contributed by atoms with van der Waals surface area (Å²) in [6.07, 6.45) is -0.775. The Morgan fingerprint density at radius 2 is 1.52 bits per heavy atom. The monoisotopic (exact) mass is 416 g/mol. The molecule has 31 heavy (non-hydrogen) atoms. The van der Waals surface area contributed by atoms with Crippen LogP contribution in [-0.4, -0.2) is 17.9 Å². The van der Waals surface area contributed by atoms with Crippen LogP contribution < -0.4 is 15.4 Å². The summed E-state index contributed by atoms with van der Waals surface area (Å²) >= 11 is 0. The number of hydrogen-bond donors (Lipinski definition) is 2. The molecule has 0 aliphatic rings. The maximum absolute atomic E-state index is 12.8. The summed E-state index contributed by atoms with van der Waals surface area (Å²) in [7, 11) is 0. The minimum atomic E-state index is -0.775. The largest absolute Gasteiger partial charge is 0.480 e. The molecule has 2 N–H and O–H groups in total. The van der Waals surface area contributed by atoms with Crippen LogP contribution in [0.15, 0.2) is 66.7 Å². The number of nitrogens with one attached hydrogen (secondary N) is 2. The number of anilines is 1. The van der Waals surface area contributed by atoms with Crippen molar-refractivity contribution in [3.05, 3.63) is 94.5 Å². The van der Waals surface area contributed by atoms with Gasteiger partial charge in [0, 0.05) is 12.2 Å². The Hall–Kier alpha value is -3.60. The van der Waals surface area contributed by atoms with Gasteiger partial charge < -0.3 is 15.4 Å². The molecule has 0 spiro atoms. The van der Waals surface area contributed by atoms with E-state index in [9.17, 15) is 9.59 Å². The molecule has 5 heteroatoms. The molecule has 1 atom stereocenters. The number of carbonyl (C=O) groups excluding carboxylic acids is 2. The molecule has 0 heterocycles. The third-order valence-corrected chi connectivity index (χ3v) is 5.03. The number of aryl methyl sites for hydroxylation is 3. The van der Waals surface area contributed by atoms with Gasteiger partial charge in [-0.25, -0.2) is 0 Å². The number of para-hydroxylation sites is 1. The van der Waals surface area contributed by atoms with E-state index < -0.39 is 6.10 Å². The van der Waals surface area contributed by atoms with Crippen molar-refractivity contribution in [3.63, 3.8) is 0 Å². The highest BCUT2D eigenvalue weighted by Crippen LogP contribution is 2.23. The van der Waals surface area contributed by atoms with E-state index in [1.54, 1.807) is 31.2 Å². The molecule has 0 radical (unpaired) electrons. The van der Waals surface area contributed by atoms with Gasteiger partial charge in [0.25, 0.3) is 11.8 Å². The van der Waals surface area contributed by atoms with Gasteiger partial charge in [-0.3, -0.25) is 9.59 Å². The smallest absolute Gasteiger partial charge is 0.265 e. The van der Waals surface area contributed by atoms with E-state index in [1.165, 1.54) is 0 Å².